The quantitative estimate of drug-likeness (QED) is 0.187. The lowest BCUT2D eigenvalue weighted by molar-refractivity contribution is -0.135. The van der Waals surface area contributed by atoms with Gasteiger partial charge in [-0.1, -0.05) is 72.7 Å². The highest BCUT2D eigenvalue weighted by molar-refractivity contribution is 5.38. The average Bonchev–Trinajstić information content (AvgIpc) is 2.89. The van der Waals surface area contributed by atoms with Gasteiger partial charge >= 0.3 is 0 Å². The third kappa shape index (κ3) is 17.9. The largest absolute Gasteiger partial charge is 0.490 e. The molecule has 2 aromatic carbocycles. The highest BCUT2D eigenvalue weighted by Crippen LogP contribution is 2.18. The Bertz CT molecular complexity index is 810. The minimum Gasteiger partial charge on any atom is -0.490 e. The summed E-state index contributed by atoms with van der Waals surface area (Å²) in [6.45, 7) is 17.1. The lowest BCUT2D eigenvalue weighted by Crippen LogP contribution is -2.36. The molecule has 0 spiro atoms. The minimum absolute atomic E-state index is 0.101. The third-order valence-electron chi connectivity index (χ3n) is 4.67. The molecule has 0 saturated heterocycles. The van der Waals surface area contributed by atoms with Crippen molar-refractivity contribution in [3.63, 3.8) is 0 Å². The first-order valence-corrected chi connectivity index (χ1v) is 12.9. The summed E-state index contributed by atoms with van der Waals surface area (Å²) in [6, 6.07) is 16.3. The Labute approximate surface area is 223 Å². The Balaban J connectivity index is 0.00000142. The Morgan fingerprint density at radius 2 is 1.27 bits per heavy atom. The Kier molecular flexibility index (Phi) is 20.3. The van der Waals surface area contributed by atoms with Crippen LogP contribution in [-0.2, 0) is 25.5 Å². The smallest absolute Gasteiger partial charge is 0.295 e. The highest BCUT2D eigenvalue weighted by atomic mass is 16.7. The molecule has 2 N–H and O–H groups in total. The molecule has 0 aliphatic carbocycles. The molecule has 8 nitrogen and oxygen atoms in total. The normalized spacial score (nSPS) is 10.8. The molecule has 0 fully saturated rings. The fourth-order valence-electron chi connectivity index (χ4n) is 2.96. The van der Waals surface area contributed by atoms with Gasteiger partial charge in [-0.2, -0.15) is 0 Å². The maximum atomic E-state index is 10.6. The second-order valence-corrected chi connectivity index (χ2v) is 8.43. The molecule has 0 aliphatic heterocycles. The van der Waals surface area contributed by atoms with E-state index < -0.39 is 0 Å². The number of carbonyl (C=O) groups excluding carboxylic acids is 2. The van der Waals surface area contributed by atoms with Crippen LogP contribution in [0.2, 0.25) is 0 Å². The zero-order valence-corrected chi connectivity index (χ0v) is 23.5. The van der Waals surface area contributed by atoms with E-state index in [0.717, 1.165) is 29.8 Å². The van der Waals surface area contributed by atoms with Gasteiger partial charge in [0.15, 0.2) is 0 Å². The van der Waals surface area contributed by atoms with Gasteiger partial charge in [-0.25, -0.2) is 0 Å². The van der Waals surface area contributed by atoms with Crippen molar-refractivity contribution in [3.05, 3.63) is 59.7 Å². The van der Waals surface area contributed by atoms with Crippen molar-refractivity contribution >= 4 is 12.9 Å². The van der Waals surface area contributed by atoms with E-state index in [4.69, 9.17) is 14.2 Å². The molecule has 37 heavy (non-hydrogen) atoms. The van der Waals surface area contributed by atoms with E-state index in [2.05, 4.69) is 36.1 Å². The van der Waals surface area contributed by atoms with Gasteiger partial charge in [0.05, 0.1) is 0 Å². The van der Waals surface area contributed by atoms with Crippen LogP contribution in [0, 0.1) is 0 Å². The molecule has 0 heterocycles. The first kappa shape index (κ1) is 33.9. The standard InChI is InChI=1S/C22H27NO6.C5H13N.C2H6/c1-17(2)23-12-22(28-15-25)13-27-20-7-3-18(4-8-20)11-19-5-9-21(10-6-19)29-16-26-14-24;1-4-6-5(2)3;1-2/h3-10,14-15,17,22-23H,11-13,16H2,1-2H3;5-6H,4H2,1-3H3;1-2H3. The first-order valence-electron chi connectivity index (χ1n) is 12.9. The predicted molar refractivity (Wildman–Crippen MR) is 148 cm³/mol. The summed E-state index contributed by atoms with van der Waals surface area (Å²) in [4.78, 5) is 20.7. The van der Waals surface area contributed by atoms with Crippen molar-refractivity contribution in [2.75, 3.05) is 26.5 Å². The molecule has 208 valence electrons. The summed E-state index contributed by atoms with van der Waals surface area (Å²) < 4.78 is 20.6. The number of hydrogen-bond donors (Lipinski definition) is 2. The van der Waals surface area contributed by atoms with Gasteiger partial charge in [0, 0.05) is 18.6 Å². The molecular weight excluding hydrogens is 472 g/mol. The monoisotopic (exact) mass is 518 g/mol. The molecule has 0 radical (unpaired) electrons. The average molecular weight is 519 g/mol. The maximum Gasteiger partial charge on any atom is 0.295 e. The van der Waals surface area contributed by atoms with Crippen molar-refractivity contribution in [2.24, 2.45) is 0 Å². The number of carbonyl (C=O) groups is 2. The summed E-state index contributed by atoms with van der Waals surface area (Å²) in [5, 5.41) is 6.43. The molecule has 8 heteroatoms. The zero-order valence-electron chi connectivity index (χ0n) is 23.5. The fourth-order valence-corrected chi connectivity index (χ4v) is 2.96. The molecule has 2 rings (SSSR count). The van der Waals surface area contributed by atoms with Crippen LogP contribution in [0.4, 0.5) is 0 Å². The van der Waals surface area contributed by atoms with Crippen LogP contribution in [0.25, 0.3) is 0 Å². The zero-order chi connectivity index (χ0) is 27.9. The van der Waals surface area contributed by atoms with Gasteiger partial charge in [-0.3, -0.25) is 9.59 Å². The van der Waals surface area contributed by atoms with Crippen LogP contribution in [0.15, 0.2) is 48.5 Å². The molecule has 0 amide bonds. The molecule has 0 bridgehead atoms. The highest BCUT2D eigenvalue weighted by Gasteiger charge is 2.11. The fraction of sp³-hybridized carbons (Fsp3) is 0.517. The number of rotatable bonds is 16. The Morgan fingerprint density at radius 3 is 1.68 bits per heavy atom. The van der Waals surface area contributed by atoms with Crippen LogP contribution in [0.1, 0.15) is 59.6 Å². The molecular formula is C29H46N2O6. The summed E-state index contributed by atoms with van der Waals surface area (Å²) in [6.07, 6.45) is 0.424. The summed E-state index contributed by atoms with van der Waals surface area (Å²) in [5.74, 6) is 1.36. The van der Waals surface area contributed by atoms with E-state index in [1.54, 1.807) is 0 Å². The SMILES string of the molecule is CC.CC(C)NCC(COc1ccc(Cc2ccc(OCOC=O)cc2)cc1)OC=O.CCNC(C)C. The van der Waals surface area contributed by atoms with Gasteiger partial charge in [-0.15, -0.1) is 0 Å². The van der Waals surface area contributed by atoms with E-state index in [-0.39, 0.29) is 19.5 Å². The van der Waals surface area contributed by atoms with Gasteiger partial charge < -0.3 is 29.6 Å². The van der Waals surface area contributed by atoms with Crippen LogP contribution in [0.3, 0.4) is 0 Å². The number of hydrogen-bond acceptors (Lipinski definition) is 8. The molecule has 0 aliphatic rings. The summed E-state index contributed by atoms with van der Waals surface area (Å²) in [7, 11) is 0. The third-order valence-corrected chi connectivity index (χ3v) is 4.67. The maximum absolute atomic E-state index is 10.6. The minimum atomic E-state index is -0.341. The second-order valence-electron chi connectivity index (χ2n) is 8.43. The molecule has 0 saturated carbocycles. The number of nitrogens with one attached hydrogen (secondary N) is 2. The van der Waals surface area contributed by atoms with Crippen LogP contribution in [0.5, 0.6) is 11.5 Å². The van der Waals surface area contributed by atoms with Crippen molar-refractivity contribution in [1.82, 2.24) is 10.6 Å². The van der Waals surface area contributed by atoms with E-state index in [9.17, 15) is 9.59 Å². The van der Waals surface area contributed by atoms with Gasteiger partial charge in [-0.05, 0) is 48.4 Å². The lowest BCUT2D eigenvalue weighted by atomic mass is 10.0. The van der Waals surface area contributed by atoms with Crippen molar-refractivity contribution in [2.45, 2.75) is 73.1 Å². The van der Waals surface area contributed by atoms with Crippen molar-refractivity contribution in [1.29, 1.82) is 0 Å². The van der Waals surface area contributed by atoms with E-state index in [1.165, 1.54) is 0 Å². The molecule has 1 atom stereocenters. The predicted octanol–water partition coefficient (Wildman–Crippen LogP) is 4.74. The first-order chi connectivity index (χ1) is 17.9. The van der Waals surface area contributed by atoms with Gasteiger partial charge in [0.25, 0.3) is 12.9 Å². The Morgan fingerprint density at radius 1 is 0.757 bits per heavy atom. The number of benzene rings is 2. The second kappa shape index (κ2) is 22.1. The van der Waals surface area contributed by atoms with Crippen LogP contribution >= 0.6 is 0 Å². The molecule has 1 unspecified atom stereocenters. The van der Waals surface area contributed by atoms with Gasteiger partial charge in [0.1, 0.15) is 24.2 Å². The van der Waals surface area contributed by atoms with E-state index in [0.29, 0.717) is 37.3 Å². The Hall–Kier alpha value is -3.10. The summed E-state index contributed by atoms with van der Waals surface area (Å²) in [5.41, 5.74) is 2.26. The lowest BCUT2D eigenvalue weighted by Gasteiger charge is -2.18. The van der Waals surface area contributed by atoms with Gasteiger partial charge in [0.2, 0.25) is 6.79 Å². The van der Waals surface area contributed by atoms with Crippen molar-refractivity contribution in [3.8, 4) is 11.5 Å². The summed E-state index contributed by atoms with van der Waals surface area (Å²) >= 11 is 0. The molecule has 0 aromatic heterocycles. The van der Waals surface area contributed by atoms with E-state index >= 15 is 0 Å². The van der Waals surface area contributed by atoms with Crippen molar-refractivity contribution < 1.29 is 28.5 Å². The van der Waals surface area contributed by atoms with Crippen LogP contribution < -0.4 is 20.1 Å². The molecule has 2 aromatic rings. The van der Waals surface area contributed by atoms with E-state index in [1.807, 2.05) is 76.2 Å². The topological polar surface area (TPSA) is 95.1 Å². The van der Waals surface area contributed by atoms with Crippen LogP contribution in [-0.4, -0.2) is 57.6 Å². The number of ether oxygens (including phenoxy) is 4.